The van der Waals surface area contributed by atoms with Crippen LogP contribution >= 0.6 is 0 Å². The molecule has 0 aliphatic carbocycles. The smallest absolute Gasteiger partial charge is 0.246 e. The summed E-state index contributed by atoms with van der Waals surface area (Å²) in [6.45, 7) is 4.62. The molecule has 1 amide bonds. The first-order valence-corrected chi connectivity index (χ1v) is 7.37. The molecule has 1 aliphatic rings. The van der Waals surface area contributed by atoms with Crippen molar-refractivity contribution in [3.63, 3.8) is 0 Å². The van der Waals surface area contributed by atoms with E-state index in [0.29, 0.717) is 18.7 Å². The molecule has 0 spiro atoms. The Labute approximate surface area is 134 Å². The Morgan fingerprint density at radius 2 is 1.78 bits per heavy atom. The first-order chi connectivity index (χ1) is 11.1. The van der Waals surface area contributed by atoms with E-state index in [0.717, 1.165) is 16.7 Å². The fraction of sp³-hybridized carbons (Fsp3) is 0.158. The number of carbonyl (C=O) groups excluding carboxylic acids is 2. The fourth-order valence-electron chi connectivity index (χ4n) is 2.77. The Kier molecular flexibility index (Phi) is 4.06. The number of amides is 1. The van der Waals surface area contributed by atoms with E-state index < -0.39 is 0 Å². The highest BCUT2D eigenvalue weighted by molar-refractivity contribution is 5.97. The van der Waals surface area contributed by atoms with Gasteiger partial charge in [0.2, 0.25) is 5.91 Å². The van der Waals surface area contributed by atoms with E-state index >= 15 is 0 Å². The third kappa shape index (κ3) is 3.21. The van der Waals surface area contributed by atoms with Gasteiger partial charge >= 0.3 is 0 Å². The second-order valence-electron chi connectivity index (χ2n) is 5.61. The standard InChI is InChI=1S/C19H16FNO2/c1-2-19(23)21-11-15-4-3-13(9-16(15)12-21)10-18(22)14-5-7-17(20)8-6-14/h2-9H,1,10-12H2. The molecule has 116 valence electrons. The first-order valence-electron chi connectivity index (χ1n) is 7.37. The van der Waals surface area contributed by atoms with Gasteiger partial charge in [-0.2, -0.15) is 0 Å². The Hall–Kier alpha value is -2.75. The van der Waals surface area contributed by atoms with Gasteiger partial charge in [0.25, 0.3) is 0 Å². The first kappa shape index (κ1) is 15.2. The fourth-order valence-corrected chi connectivity index (χ4v) is 2.77. The van der Waals surface area contributed by atoms with Crippen LogP contribution in [0.4, 0.5) is 4.39 Å². The van der Waals surface area contributed by atoms with Crippen molar-refractivity contribution in [2.75, 3.05) is 0 Å². The summed E-state index contributed by atoms with van der Waals surface area (Å²) in [6, 6.07) is 11.4. The van der Waals surface area contributed by atoms with Crippen LogP contribution in [0.3, 0.4) is 0 Å². The zero-order valence-electron chi connectivity index (χ0n) is 12.6. The summed E-state index contributed by atoms with van der Waals surface area (Å²) < 4.78 is 12.9. The van der Waals surface area contributed by atoms with Crippen LogP contribution in [0.2, 0.25) is 0 Å². The molecule has 2 aromatic rings. The van der Waals surface area contributed by atoms with E-state index in [4.69, 9.17) is 0 Å². The van der Waals surface area contributed by atoms with Crippen LogP contribution in [-0.4, -0.2) is 16.6 Å². The van der Waals surface area contributed by atoms with E-state index in [1.54, 1.807) is 4.90 Å². The van der Waals surface area contributed by atoms with Crippen LogP contribution in [0.1, 0.15) is 27.0 Å². The monoisotopic (exact) mass is 309 g/mol. The molecule has 0 bridgehead atoms. The highest BCUT2D eigenvalue weighted by Gasteiger charge is 2.22. The van der Waals surface area contributed by atoms with Crippen LogP contribution in [0.25, 0.3) is 0 Å². The minimum Gasteiger partial charge on any atom is -0.331 e. The van der Waals surface area contributed by atoms with Gasteiger partial charge in [0, 0.05) is 25.1 Å². The number of fused-ring (bicyclic) bond motifs is 1. The molecule has 2 aromatic carbocycles. The lowest BCUT2D eigenvalue weighted by Crippen LogP contribution is -2.22. The molecule has 0 saturated carbocycles. The van der Waals surface area contributed by atoms with Crippen LogP contribution < -0.4 is 0 Å². The number of ketones is 1. The number of rotatable bonds is 4. The lowest BCUT2D eigenvalue weighted by atomic mass is 9.99. The molecular weight excluding hydrogens is 293 g/mol. The van der Waals surface area contributed by atoms with Gasteiger partial charge in [0.1, 0.15) is 5.82 Å². The zero-order valence-corrected chi connectivity index (χ0v) is 12.6. The number of halogens is 1. The minimum absolute atomic E-state index is 0.0537. The highest BCUT2D eigenvalue weighted by atomic mass is 19.1. The predicted molar refractivity (Wildman–Crippen MR) is 85.3 cm³/mol. The van der Waals surface area contributed by atoms with E-state index in [-0.39, 0.29) is 23.9 Å². The number of hydrogen-bond donors (Lipinski definition) is 0. The van der Waals surface area contributed by atoms with E-state index in [2.05, 4.69) is 6.58 Å². The van der Waals surface area contributed by atoms with Gasteiger partial charge < -0.3 is 4.90 Å². The average molecular weight is 309 g/mol. The molecule has 23 heavy (non-hydrogen) atoms. The van der Waals surface area contributed by atoms with Crippen molar-refractivity contribution in [2.45, 2.75) is 19.5 Å². The van der Waals surface area contributed by atoms with Crippen molar-refractivity contribution < 1.29 is 14.0 Å². The number of hydrogen-bond acceptors (Lipinski definition) is 2. The molecule has 3 nitrogen and oxygen atoms in total. The van der Waals surface area contributed by atoms with Gasteiger partial charge in [-0.3, -0.25) is 9.59 Å². The number of carbonyl (C=O) groups is 2. The second kappa shape index (κ2) is 6.16. The molecule has 0 N–H and O–H groups in total. The normalized spacial score (nSPS) is 12.8. The molecular formula is C19H16FNO2. The second-order valence-corrected chi connectivity index (χ2v) is 5.61. The summed E-state index contributed by atoms with van der Waals surface area (Å²) in [7, 11) is 0. The van der Waals surface area contributed by atoms with Crippen molar-refractivity contribution in [3.8, 4) is 0 Å². The van der Waals surface area contributed by atoms with Crippen molar-refractivity contribution in [1.29, 1.82) is 0 Å². The van der Waals surface area contributed by atoms with Crippen molar-refractivity contribution in [1.82, 2.24) is 4.90 Å². The minimum atomic E-state index is -0.356. The van der Waals surface area contributed by atoms with Crippen LogP contribution in [-0.2, 0) is 24.3 Å². The van der Waals surface area contributed by atoms with Gasteiger partial charge in [-0.15, -0.1) is 0 Å². The number of Topliss-reactive ketones (excluding diaryl/α,β-unsaturated/α-hetero) is 1. The third-order valence-electron chi connectivity index (χ3n) is 4.01. The average Bonchev–Trinajstić information content (AvgIpc) is 2.98. The van der Waals surface area contributed by atoms with Crippen LogP contribution in [0, 0.1) is 5.82 Å². The molecule has 0 unspecified atom stereocenters. The largest absolute Gasteiger partial charge is 0.331 e. The molecule has 0 aromatic heterocycles. The van der Waals surface area contributed by atoms with Crippen molar-refractivity contribution in [3.05, 3.63) is 83.2 Å². The quantitative estimate of drug-likeness (QED) is 0.642. The van der Waals surface area contributed by atoms with Crippen molar-refractivity contribution in [2.24, 2.45) is 0 Å². The Balaban J connectivity index is 1.74. The summed E-state index contributed by atoms with van der Waals surface area (Å²) in [4.78, 5) is 25.6. The Morgan fingerprint density at radius 3 is 2.48 bits per heavy atom. The SMILES string of the molecule is C=CC(=O)N1Cc2ccc(CC(=O)c3ccc(F)cc3)cc2C1. The predicted octanol–water partition coefficient (Wildman–Crippen LogP) is 3.28. The number of benzene rings is 2. The molecule has 0 radical (unpaired) electrons. The van der Waals surface area contributed by atoms with E-state index in [1.165, 1.54) is 30.3 Å². The zero-order chi connectivity index (χ0) is 16.4. The highest BCUT2D eigenvalue weighted by Crippen LogP contribution is 2.24. The third-order valence-corrected chi connectivity index (χ3v) is 4.01. The lowest BCUT2D eigenvalue weighted by molar-refractivity contribution is -0.126. The maximum Gasteiger partial charge on any atom is 0.246 e. The Morgan fingerprint density at radius 1 is 1.09 bits per heavy atom. The maximum atomic E-state index is 12.9. The molecule has 0 fully saturated rings. The van der Waals surface area contributed by atoms with Gasteiger partial charge in [0.15, 0.2) is 5.78 Å². The summed E-state index contributed by atoms with van der Waals surface area (Å²) in [5.74, 6) is -0.502. The van der Waals surface area contributed by atoms with Gasteiger partial charge in [-0.05, 0) is 47.0 Å². The van der Waals surface area contributed by atoms with Crippen LogP contribution in [0.15, 0.2) is 55.1 Å². The topological polar surface area (TPSA) is 37.4 Å². The molecule has 3 rings (SSSR count). The molecule has 1 heterocycles. The Bertz CT molecular complexity index is 780. The summed E-state index contributed by atoms with van der Waals surface area (Å²) >= 11 is 0. The van der Waals surface area contributed by atoms with Gasteiger partial charge in [0.05, 0.1) is 0 Å². The van der Waals surface area contributed by atoms with Crippen LogP contribution in [0.5, 0.6) is 0 Å². The van der Waals surface area contributed by atoms with Crippen molar-refractivity contribution >= 4 is 11.7 Å². The van der Waals surface area contributed by atoms with Gasteiger partial charge in [-0.1, -0.05) is 24.8 Å². The number of nitrogens with zero attached hydrogens (tertiary/aromatic N) is 1. The van der Waals surface area contributed by atoms with Gasteiger partial charge in [-0.25, -0.2) is 4.39 Å². The summed E-state index contributed by atoms with van der Waals surface area (Å²) in [6.07, 6.45) is 1.57. The maximum absolute atomic E-state index is 12.9. The lowest BCUT2D eigenvalue weighted by Gasteiger charge is -2.11. The summed E-state index contributed by atoms with van der Waals surface area (Å²) in [5.41, 5.74) is 3.55. The van der Waals surface area contributed by atoms with E-state index in [1.807, 2.05) is 18.2 Å². The molecule has 1 aliphatic heterocycles. The molecule has 0 saturated heterocycles. The van der Waals surface area contributed by atoms with E-state index in [9.17, 15) is 14.0 Å². The summed E-state index contributed by atoms with van der Waals surface area (Å²) in [5, 5.41) is 0. The molecule has 4 heteroatoms. The molecule has 0 atom stereocenters.